The van der Waals surface area contributed by atoms with Crippen LogP contribution in [0.1, 0.15) is 43.0 Å². The molecule has 31 heavy (non-hydrogen) atoms. The number of nitrogens with one attached hydrogen (secondary N) is 2. The standard InChI is InChI=1S/C23H23F3N2O3/c1-16(2)31-21(29)15-20(18-10-4-3-5-11-18)28-22(30)27-13-7-9-17-8-6-12-19(14-17)23(24,25)26/h3-6,8,10-12,14,16,20H,13,15H2,1-2H3,(H2,27,28,30). The summed E-state index contributed by atoms with van der Waals surface area (Å²) in [6.45, 7) is 3.39. The van der Waals surface area contributed by atoms with Crippen LogP contribution >= 0.6 is 0 Å². The molecular formula is C23H23F3N2O3. The van der Waals surface area contributed by atoms with E-state index in [9.17, 15) is 22.8 Å². The van der Waals surface area contributed by atoms with Crippen LogP contribution < -0.4 is 10.6 Å². The lowest BCUT2D eigenvalue weighted by Crippen LogP contribution is -2.39. The molecule has 2 rings (SSSR count). The number of amides is 2. The van der Waals surface area contributed by atoms with Gasteiger partial charge in [0.2, 0.25) is 0 Å². The van der Waals surface area contributed by atoms with E-state index in [-0.39, 0.29) is 24.6 Å². The van der Waals surface area contributed by atoms with Crippen molar-refractivity contribution in [3.8, 4) is 11.8 Å². The minimum absolute atomic E-state index is 0.0501. The molecule has 5 nitrogen and oxygen atoms in total. The van der Waals surface area contributed by atoms with Crippen molar-refractivity contribution in [2.24, 2.45) is 0 Å². The maximum absolute atomic E-state index is 12.7. The number of hydrogen-bond donors (Lipinski definition) is 2. The van der Waals surface area contributed by atoms with Crippen LogP contribution in [-0.4, -0.2) is 24.6 Å². The molecule has 0 bridgehead atoms. The van der Waals surface area contributed by atoms with Crippen LogP contribution in [0.25, 0.3) is 0 Å². The molecule has 0 aliphatic rings. The first-order valence-electron chi connectivity index (χ1n) is 9.60. The molecule has 0 fully saturated rings. The Morgan fingerprint density at radius 1 is 1.06 bits per heavy atom. The predicted molar refractivity (Wildman–Crippen MR) is 110 cm³/mol. The van der Waals surface area contributed by atoms with Gasteiger partial charge in [0, 0.05) is 5.56 Å². The summed E-state index contributed by atoms with van der Waals surface area (Å²) in [4.78, 5) is 24.3. The van der Waals surface area contributed by atoms with E-state index in [1.807, 2.05) is 6.07 Å². The molecule has 164 valence electrons. The number of halogens is 3. The lowest BCUT2D eigenvalue weighted by molar-refractivity contribution is -0.148. The number of benzene rings is 2. The number of ether oxygens (including phenoxy) is 1. The fourth-order valence-electron chi connectivity index (χ4n) is 2.67. The van der Waals surface area contributed by atoms with Gasteiger partial charge >= 0.3 is 18.2 Å². The fraction of sp³-hybridized carbons (Fsp3) is 0.304. The average molecular weight is 432 g/mol. The van der Waals surface area contributed by atoms with E-state index < -0.39 is 29.8 Å². The highest BCUT2D eigenvalue weighted by molar-refractivity contribution is 5.77. The molecule has 0 heterocycles. The molecule has 0 saturated heterocycles. The summed E-state index contributed by atoms with van der Waals surface area (Å²) in [6, 6.07) is 12.4. The molecule has 1 atom stereocenters. The normalized spacial score (nSPS) is 11.8. The molecule has 0 aliphatic heterocycles. The smallest absolute Gasteiger partial charge is 0.416 e. The lowest BCUT2D eigenvalue weighted by Gasteiger charge is -2.19. The van der Waals surface area contributed by atoms with Gasteiger partial charge < -0.3 is 15.4 Å². The zero-order chi connectivity index (χ0) is 22.9. The Kier molecular flexibility index (Phi) is 8.50. The first kappa shape index (κ1) is 23.8. The molecular weight excluding hydrogens is 409 g/mol. The highest BCUT2D eigenvalue weighted by Crippen LogP contribution is 2.29. The molecule has 0 spiro atoms. The van der Waals surface area contributed by atoms with Crippen molar-refractivity contribution in [1.82, 2.24) is 10.6 Å². The van der Waals surface area contributed by atoms with E-state index in [2.05, 4.69) is 22.5 Å². The second kappa shape index (κ2) is 11.1. The molecule has 2 amide bonds. The fourth-order valence-corrected chi connectivity index (χ4v) is 2.67. The quantitative estimate of drug-likeness (QED) is 0.524. The van der Waals surface area contributed by atoms with Gasteiger partial charge in [-0.2, -0.15) is 13.2 Å². The minimum atomic E-state index is -4.45. The third-order valence-corrected chi connectivity index (χ3v) is 4.01. The van der Waals surface area contributed by atoms with Gasteiger partial charge in [-0.05, 0) is 37.6 Å². The van der Waals surface area contributed by atoms with Crippen molar-refractivity contribution in [3.05, 3.63) is 71.3 Å². The van der Waals surface area contributed by atoms with Crippen molar-refractivity contribution < 1.29 is 27.5 Å². The van der Waals surface area contributed by atoms with Gasteiger partial charge in [-0.15, -0.1) is 0 Å². The number of carbonyl (C=O) groups excluding carboxylic acids is 2. The zero-order valence-corrected chi connectivity index (χ0v) is 17.1. The first-order chi connectivity index (χ1) is 14.6. The summed E-state index contributed by atoms with van der Waals surface area (Å²) >= 11 is 0. The second-order valence-corrected chi connectivity index (χ2v) is 6.91. The van der Waals surface area contributed by atoms with Crippen LogP contribution in [0.4, 0.5) is 18.0 Å². The van der Waals surface area contributed by atoms with Crippen molar-refractivity contribution in [2.75, 3.05) is 6.54 Å². The van der Waals surface area contributed by atoms with E-state index in [4.69, 9.17) is 4.74 Å². The van der Waals surface area contributed by atoms with Crippen LogP contribution in [0, 0.1) is 11.8 Å². The average Bonchev–Trinajstić information content (AvgIpc) is 2.70. The molecule has 0 aliphatic carbocycles. The van der Waals surface area contributed by atoms with Gasteiger partial charge in [-0.1, -0.05) is 48.2 Å². The Morgan fingerprint density at radius 3 is 2.42 bits per heavy atom. The molecule has 2 N–H and O–H groups in total. The number of rotatable bonds is 6. The monoisotopic (exact) mass is 432 g/mol. The van der Waals surface area contributed by atoms with Crippen molar-refractivity contribution >= 4 is 12.0 Å². The minimum Gasteiger partial charge on any atom is -0.463 e. The SMILES string of the molecule is CC(C)OC(=O)CC(NC(=O)NCC#Cc1cccc(C(F)(F)F)c1)c1ccccc1. The van der Waals surface area contributed by atoms with Crippen molar-refractivity contribution in [3.63, 3.8) is 0 Å². The van der Waals surface area contributed by atoms with Gasteiger partial charge in [0.1, 0.15) is 0 Å². The molecule has 0 radical (unpaired) electrons. The van der Waals surface area contributed by atoms with E-state index >= 15 is 0 Å². The molecule has 2 aromatic carbocycles. The molecule has 8 heteroatoms. The van der Waals surface area contributed by atoms with E-state index in [1.165, 1.54) is 12.1 Å². The van der Waals surface area contributed by atoms with Crippen LogP contribution in [0.3, 0.4) is 0 Å². The summed E-state index contributed by atoms with van der Waals surface area (Å²) in [7, 11) is 0. The van der Waals surface area contributed by atoms with Crippen LogP contribution in [0.2, 0.25) is 0 Å². The van der Waals surface area contributed by atoms with Gasteiger partial charge in [0.25, 0.3) is 0 Å². The highest BCUT2D eigenvalue weighted by Gasteiger charge is 2.30. The van der Waals surface area contributed by atoms with Crippen LogP contribution in [0.5, 0.6) is 0 Å². The van der Waals surface area contributed by atoms with Crippen LogP contribution in [0.15, 0.2) is 54.6 Å². The number of carbonyl (C=O) groups is 2. The third kappa shape index (κ3) is 8.42. The Balaban J connectivity index is 1.96. The lowest BCUT2D eigenvalue weighted by atomic mass is 10.0. The van der Waals surface area contributed by atoms with Gasteiger partial charge in [0.15, 0.2) is 0 Å². The van der Waals surface area contributed by atoms with E-state index in [0.29, 0.717) is 0 Å². The Bertz CT molecular complexity index is 948. The zero-order valence-electron chi connectivity index (χ0n) is 17.1. The largest absolute Gasteiger partial charge is 0.463 e. The van der Waals surface area contributed by atoms with E-state index in [1.54, 1.807) is 38.1 Å². The summed E-state index contributed by atoms with van der Waals surface area (Å²) in [5.74, 6) is 4.74. The predicted octanol–water partition coefficient (Wildman–Crippen LogP) is 4.44. The van der Waals surface area contributed by atoms with Crippen LogP contribution in [-0.2, 0) is 15.7 Å². The number of alkyl halides is 3. The maximum Gasteiger partial charge on any atom is 0.416 e. The summed E-state index contributed by atoms with van der Waals surface area (Å²) in [5.41, 5.74) is 0.132. The maximum atomic E-state index is 12.7. The van der Waals surface area contributed by atoms with Crippen molar-refractivity contribution in [2.45, 2.75) is 38.6 Å². The molecule has 0 aromatic heterocycles. The Hall–Kier alpha value is -3.47. The third-order valence-electron chi connectivity index (χ3n) is 4.01. The summed E-state index contributed by atoms with van der Waals surface area (Å²) in [5, 5.41) is 5.21. The van der Waals surface area contributed by atoms with Crippen molar-refractivity contribution in [1.29, 1.82) is 0 Å². The summed E-state index contributed by atoms with van der Waals surface area (Å²) in [6.07, 6.45) is -4.77. The first-order valence-corrected chi connectivity index (χ1v) is 9.60. The number of esters is 1. The molecule has 1 unspecified atom stereocenters. The summed E-state index contributed by atoms with van der Waals surface area (Å²) < 4.78 is 43.4. The second-order valence-electron chi connectivity index (χ2n) is 6.91. The van der Waals surface area contributed by atoms with Gasteiger partial charge in [-0.3, -0.25) is 4.79 Å². The Labute approximate surface area is 179 Å². The highest BCUT2D eigenvalue weighted by atomic mass is 19.4. The van der Waals surface area contributed by atoms with Gasteiger partial charge in [0.05, 0.1) is 30.7 Å². The Morgan fingerprint density at radius 2 is 1.77 bits per heavy atom. The molecule has 2 aromatic rings. The number of hydrogen-bond acceptors (Lipinski definition) is 3. The van der Waals surface area contributed by atoms with Gasteiger partial charge in [-0.25, -0.2) is 4.79 Å². The number of urea groups is 1. The topological polar surface area (TPSA) is 67.4 Å². The van der Waals surface area contributed by atoms with E-state index in [0.717, 1.165) is 17.7 Å². The molecule has 0 saturated carbocycles.